The lowest BCUT2D eigenvalue weighted by Gasteiger charge is -2.10. The van der Waals surface area contributed by atoms with Gasteiger partial charge in [0.1, 0.15) is 5.75 Å². The smallest absolute Gasteiger partial charge is 0.416 e. The molecule has 0 saturated carbocycles. The van der Waals surface area contributed by atoms with Gasteiger partial charge in [-0.3, -0.25) is 4.79 Å². The SMILES string of the molecule is COc1ccc(C(=O)/C=C/c2ccccc2C(F)(F)F)cc1CSCC(=O)[O-]. The molecule has 2 aromatic carbocycles. The molecule has 0 N–H and O–H groups in total. The number of carbonyl (C=O) groups excluding carboxylic acids is 2. The van der Waals surface area contributed by atoms with E-state index in [-0.39, 0.29) is 22.6 Å². The highest BCUT2D eigenvalue weighted by Crippen LogP contribution is 2.32. The molecule has 2 rings (SSSR count). The topological polar surface area (TPSA) is 66.4 Å². The van der Waals surface area contributed by atoms with Crippen LogP contribution in [-0.4, -0.2) is 24.6 Å². The van der Waals surface area contributed by atoms with Crippen molar-refractivity contribution in [2.24, 2.45) is 0 Å². The molecule has 0 radical (unpaired) electrons. The predicted molar refractivity (Wildman–Crippen MR) is 99.0 cm³/mol. The summed E-state index contributed by atoms with van der Waals surface area (Å²) in [5.41, 5.74) is -0.0796. The van der Waals surface area contributed by atoms with Crippen LogP contribution < -0.4 is 9.84 Å². The third kappa shape index (κ3) is 5.88. The fraction of sp³-hybridized carbons (Fsp3) is 0.200. The number of methoxy groups -OCH3 is 1. The number of ketones is 1. The van der Waals surface area contributed by atoms with E-state index in [4.69, 9.17) is 4.74 Å². The molecule has 0 amide bonds. The van der Waals surface area contributed by atoms with Crippen molar-refractivity contribution in [2.75, 3.05) is 12.9 Å². The molecule has 4 nitrogen and oxygen atoms in total. The normalized spacial score (nSPS) is 11.6. The third-order valence-corrected chi connectivity index (χ3v) is 4.68. The van der Waals surface area contributed by atoms with Gasteiger partial charge in [0, 0.05) is 22.6 Å². The first-order valence-electron chi connectivity index (χ1n) is 8.05. The quantitative estimate of drug-likeness (QED) is 0.492. The second-order valence-electron chi connectivity index (χ2n) is 5.67. The molecule has 0 bridgehead atoms. The number of carboxylic acids is 1. The van der Waals surface area contributed by atoms with Crippen molar-refractivity contribution in [3.63, 3.8) is 0 Å². The van der Waals surface area contributed by atoms with Gasteiger partial charge in [-0.05, 0) is 35.9 Å². The Kier molecular flexibility index (Phi) is 7.28. The van der Waals surface area contributed by atoms with Crippen LogP contribution in [0.4, 0.5) is 13.2 Å². The second kappa shape index (κ2) is 9.45. The lowest BCUT2D eigenvalue weighted by atomic mass is 10.0. The Morgan fingerprint density at radius 3 is 2.54 bits per heavy atom. The van der Waals surface area contributed by atoms with E-state index in [2.05, 4.69) is 0 Å². The van der Waals surface area contributed by atoms with E-state index in [1.807, 2.05) is 0 Å². The number of halogens is 3. The molecule has 8 heteroatoms. The molecule has 0 atom stereocenters. The minimum absolute atomic E-state index is 0.110. The number of carboxylic acid groups (broad SMARTS) is 1. The van der Waals surface area contributed by atoms with Crippen molar-refractivity contribution in [1.29, 1.82) is 0 Å². The van der Waals surface area contributed by atoms with Crippen LogP contribution in [0.15, 0.2) is 48.5 Å². The molecule has 0 aliphatic rings. The van der Waals surface area contributed by atoms with E-state index in [0.29, 0.717) is 11.3 Å². The number of hydrogen-bond donors (Lipinski definition) is 0. The van der Waals surface area contributed by atoms with Crippen LogP contribution in [0.5, 0.6) is 5.75 Å². The van der Waals surface area contributed by atoms with Crippen LogP contribution in [0.25, 0.3) is 6.08 Å². The molecular weight excluding hydrogens is 393 g/mol. The molecule has 0 heterocycles. The zero-order valence-electron chi connectivity index (χ0n) is 14.8. The second-order valence-corrected chi connectivity index (χ2v) is 6.66. The Balaban J connectivity index is 2.23. The first-order valence-corrected chi connectivity index (χ1v) is 9.21. The molecule has 148 valence electrons. The molecule has 0 saturated heterocycles. The highest BCUT2D eigenvalue weighted by Gasteiger charge is 2.32. The van der Waals surface area contributed by atoms with Crippen LogP contribution in [0, 0.1) is 0 Å². The number of hydrogen-bond acceptors (Lipinski definition) is 5. The number of aliphatic carboxylic acids is 1. The van der Waals surface area contributed by atoms with Gasteiger partial charge >= 0.3 is 6.18 Å². The summed E-state index contributed by atoms with van der Waals surface area (Å²) in [4.78, 5) is 22.9. The highest BCUT2D eigenvalue weighted by molar-refractivity contribution is 7.99. The first-order chi connectivity index (χ1) is 13.2. The molecule has 0 spiro atoms. The molecule has 0 aromatic heterocycles. The number of alkyl halides is 3. The maximum atomic E-state index is 13.0. The molecule has 0 aliphatic heterocycles. The summed E-state index contributed by atoms with van der Waals surface area (Å²) in [6.45, 7) is 0. The van der Waals surface area contributed by atoms with Gasteiger partial charge in [-0.15, -0.1) is 0 Å². The van der Waals surface area contributed by atoms with Crippen molar-refractivity contribution in [1.82, 2.24) is 0 Å². The maximum absolute atomic E-state index is 13.0. The van der Waals surface area contributed by atoms with Crippen LogP contribution in [-0.2, 0) is 16.7 Å². The van der Waals surface area contributed by atoms with Gasteiger partial charge < -0.3 is 14.6 Å². The lowest BCUT2D eigenvalue weighted by molar-refractivity contribution is -0.301. The highest BCUT2D eigenvalue weighted by atomic mass is 32.2. The first kappa shape index (κ1) is 21.6. The fourth-order valence-electron chi connectivity index (χ4n) is 2.45. The summed E-state index contributed by atoms with van der Waals surface area (Å²) in [7, 11) is 1.44. The minimum Gasteiger partial charge on any atom is -0.549 e. The standard InChI is InChI=1S/C20H17F3O4S/c1-27-18-9-7-14(10-15(18)11-28-12-19(25)26)17(24)8-6-13-4-2-3-5-16(13)20(21,22)23/h2-10H,11-12H2,1H3,(H,25,26)/p-1/b8-6+. The van der Waals surface area contributed by atoms with Gasteiger partial charge in [0.2, 0.25) is 0 Å². The van der Waals surface area contributed by atoms with Crippen LogP contribution in [0.3, 0.4) is 0 Å². The van der Waals surface area contributed by atoms with Gasteiger partial charge in [0.15, 0.2) is 5.78 Å². The van der Waals surface area contributed by atoms with Gasteiger partial charge in [-0.2, -0.15) is 24.9 Å². The van der Waals surface area contributed by atoms with Gasteiger partial charge in [-0.25, -0.2) is 0 Å². The van der Waals surface area contributed by atoms with Crippen LogP contribution in [0.1, 0.15) is 27.0 Å². The number of rotatable bonds is 8. The van der Waals surface area contributed by atoms with Gasteiger partial charge in [0.05, 0.1) is 18.6 Å². The number of allylic oxidation sites excluding steroid dienone is 1. The molecule has 2 aromatic rings. The van der Waals surface area contributed by atoms with Crippen molar-refractivity contribution in [2.45, 2.75) is 11.9 Å². The van der Waals surface area contributed by atoms with Gasteiger partial charge in [0.25, 0.3) is 0 Å². The van der Waals surface area contributed by atoms with Crippen molar-refractivity contribution < 1.29 is 32.6 Å². The summed E-state index contributed by atoms with van der Waals surface area (Å²) in [5, 5.41) is 10.5. The molecule has 0 fully saturated rings. The van der Waals surface area contributed by atoms with E-state index >= 15 is 0 Å². The number of carbonyl (C=O) groups is 2. The molecular formula is C20H16F3O4S-. The summed E-state index contributed by atoms with van der Waals surface area (Å²) in [6.07, 6.45) is -2.32. The van der Waals surface area contributed by atoms with E-state index in [1.54, 1.807) is 6.07 Å². The number of thioether (sulfide) groups is 1. The maximum Gasteiger partial charge on any atom is 0.416 e. The fourth-order valence-corrected chi connectivity index (χ4v) is 3.17. The Morgan fingerprint density at radius 2 is 1.89 bits per heavy atom. The largest absolute Gasteiger partial charge is 0.549 e. The predicted octanol–water partition coefficient (Wildman–Crippen LogP) is 3.59. The zero-order chi connectivity index (χ0) is 20.7. The van der Waals surface area contributed by atoms with Crippen molar-refractivity contribution in [3.05, 3.63) is 70.8 Å². The number of benzene rings is 2. The van der Waals surface area contributed by atoms with Crippen molar-refractivity contribution >= 4 is 29.6 Å². The number of ether oxygens (including phenoxy) is 1. The van der Waals surface area contributed by atoms with E-state index in [9.17, 15) is 27.9 Å². The summed E-state index contributed by atoms with van der Waals surface area (Å²) in [5.74, 6) is -1.14. The molecule has 0 unspecified atom stereocenters. The lowest BCUT2D eigenvalue weighted by Crippen LogP contribution is -2.24. The van der Waals surface area contributed by atoms with E-state index < -0.39 is 23.5 Å². The summed E-state index contributed by atoms with van der Waals surface area (Å²) in [6, 6.07) is 9.55. The molecule has 28 heavy (non-hydrogen) atoms. The monoisotopic (exact) mass is 409 g/mol. The Morgan fingerprint density at radius 1 is 1.18 bits per heavy atom. The van der Waals surface area contributed by atoms with Gasteiger partial charge in [-0.1, -0.05) is 24.3 Å². The average Bonchev–Trinajstić information content (AvgIpc) is 2.65. The van der Waals surface area contributed by atoms with E-state index in [0.717, 1.165) is 30.0 Å². The Labute approximate surface area is 164 Å². The van der Waals surface area contributed by atoms with E-state index in [1.165, 1.54) is 37.4 Å². The van der Waals surface area contributed by atoms with Crippen LogP contribution in [0.2, 0.25) is 0 Å². The average molecular weight is 409 g/mol. The van der Waals surface area contributed by atoms with Crippen molar-refractivity contribution in [3.8, 4) is 5.75 Å². The molecule has 0 aliphatic carbocycles. The Hall–Kier alpha value is -2.74. The van der Waals surface area contributed by atoms with Crippen LogP contribution >= 0.6 is 11.8 Å². The zero-order valence-corrected chi connectivity index (χ0v) is 15.6. The summed E-state index contributed by atoms with van der Waals surface area (Å²) < 4.78 is 44.3. The third-order valence-electron chi connectivity index (χ3n) is 3.72. The summed E-state index contributed by atoms with van der Waals surface area (Å²) >= 11 is 1.08. The Bertz CT molecular complexity index is 891. The minimum atomic E-state index is -4.52.